The Morgan fingerprint density at radius 1 is 1.07 bits per heavy atom. The van der Waals surface area contributed by atoms with Crippen LogP contribution in [-0.2, 0) is 11.3 Å². The molecule has 3 aromatic rings. The number of carbonyl (C=O) groups excluding carboxylic acids is 1. The number of hydrogen-bond donors (Lipinski definition) is 0. The molecule has 1 aliphatic heterocycles. The molecule has 1 fully saturated rings. The molecule has 1 aliphatic rings. The lowest BCUT2D eigenvalue weighted by atomic mass is 10.1. The summed E-state index contributed by atoms with van der Waals surface area (Å²) in [7, 11) is 0. The second kappa shape index (κ2) is 7.19. The molecule has 1 amide bonds. The van der Waals surface area contributed by atoms with Gasteiger partial charge in [-0.25, -0.2) is 0 Å². The molecule has 4 rings (SSSR count). The van der Waals surface area contributed by atoms with E-state index in [1.165, 1.54) is 21.4 Å². The summed E-state index contributed by atoms with van der Waals surface area (Å²) in [6.45, 7) is 7.37. The number of amides is 1. The van der Waals surface area contributed by atoms with Gasteiger partial charge in [0.25, 0.3) is 5.56 Å². The Labute approximate surface area is 162 Å². The predicted molar refractivity (Wildman–Crippen MR) is 111 cm³/mol. The van der Waals surface area contributed by atoms with Gasteiger partial charge in [0.2, 0.25) is 5.91 Å². The first-order valence-electron chi connectivity index (χ1n) is 9.20. The maximum Gasteiger partial charge on any atom is 0.259 e. The number of thiophene rings is 1. The van der Waals surface area contributed by atoms with E-state index in [0.717, 1.165) is 17.8 Å². The van der Waals surface area contributed by atoms with Gasteiger partial charge in [0.05, 0.1) is 5.39 Å². The molecule has 2 aromatic heterocycles. The van der Waals surface area contributed by atoms with E-state index in [9.17, 15) is 9.59 Å². The highest BCUT2D eigenvalue weighted by molar-refractivity contribution is 7.17. The fraction of sp³-hybridized carbons (Fsp3) is 0.333. The lowest BCUT2D eigenvalue weighted by Gasteiger charge is -2.37. The summed E-state index contributed by atoms with van der Waals surface area (Å²) in [5.41, 5.74) is 3.75. The van der Waals surface area contributed by atoms with Crippen molar-refractivity contribution < 1.29 is 4.79 Å². The van der Waals surface area contributed by atoms with Gasteiger partial charge >= 0.3 is 0 Å². The van der Waals surface area contributed by atoms with Crippen LogP contribution in [0.4, 0.5) is 5.69 Å². The van der Waals surface area contributed by atoms with Crippen molar-refractivity contribution in [1.82, 2.24) is 9.47 Å². The average molecular weight is 382 g/mol. The Hall–Kier alpha value is -2.60. The van der Waals surface area contributed by atoms with E-state index in [0.29, 0.717) is 18.5 Å². The molecule has 0 bridgehead atoms. The third-order valence-corrected chi connectivity index (χ3v) is 6.33. The molecule has 0 radical (unpaired) electrons. The third-order valence-electron chi connectivity index (χ3n) is 5.45. The minimum absolute atomic E-state index is 0.00675. The molecular formula is C21H23N3O2S. The maximum absolute atomic E-state index is 12.7. The van der Waals surface area contributed by atoms with Gasteiger partial charge in [-0.05, 0) is 48.6 Å². The van der Waals surface area contributed by atoms with Crippen molar-refractivity contribution in [3.63, 3.8) is 0 Å². The first-order valence-corrected chi connectivity index (χ1v) is 10.1. The molecule has 27 heavy (non-hydrogen) atoms. The molecule has 0 spiro atoms. The van der Waals surface area contributed by atoms with Gasteiger partial charge in [-0.2, -0.15) is 0 Å². The molecule has 140 valence electrons. The number of aromatic nitrogens is 1. The summed E-state index contributed by atoms with van der Waals surface area (Å²) in [5.74, 6) is 0.00675. The molecule has 1 aromatic carbocycles. The van der Waals surface area contributed by atoms with Crippen LogP contribution in [0.1, 0.15) is 11.1 Å². The van der Waals surface area contributed by atoms with Crippen molar-refractivity contribution in [3.05, 3.63) is 63.4 Å². The topological polar surface area (TPSA) is 45.5 Å². The number of pyridine rings is 1. The largest absolute Gasteiger partial charge is 0.368 e. The highest BCUT2D eigenvalue weighted by Gasteiger charge is 2.22. The zero-order chi connectivity index (χ0) is 19.0. The fourth-order valence-corrected chi connectivity index (χ4v) is 4.42. The number of carbonyl (C=O) groups is 1. The molecule has 0 unspecified atom stereocenters. The SMILES string of the molecule is Cc1cccc(N2CCN(C(=O)Cn3ccc4sccc4c3=O)CC2)c1C. The summed E-state index contributed by atoms with van der Waals surface area (Å²) in [6.07, 6.45) is 1.73. The van der Waals surface area contributed by atoms with Crippen LogP contribution in [0.3, 0.4) is 0 Å². The Morgan fingerprint density at radius 3 is 2.63 bits per heavy atom. The van der Waals surface area contributed by atoms with Gasteiger partial charge in [0.15, 0.2) is 0 Å². The van der Waals surface area contributed by atoms with E-state index < -0.39 is 0 Å². The third kappa shape index (κ3) is 3.37. The highest BCUT2D eigenvalue weighted by Crippen LogP contribution is 2.24. The van der Waals surface area contributed by atoms with Crippen LogP contribution in [0.5, 0.6) is 0 Å². The van der Waals surface area contributed by atoms with Crippen molar-refractivity contribution >= 4 is 33.0 Å². The Balaban J connectivity index is 1.43. The average Bonchev–Trinajstić information content (AvgIpc) is 3.16. The normalized spacial score (nSPS) is 14.7. The van der Waals surface area contributed by atoms with Crippen LogP contribution in [0.25, 0.3) is 10.1 Å². The van der Waals surface area contributed by atoms with E-state index in [1.807, 2.05) is 22.4 Å². The predicted octanol–water partition coefficient (Wildman–Crippen LogP) is 3.03. The summed E-state index contributed by atoms with van der Waals surface area (Å²) >= 11 is 1.54. The van der Waals surface area contributed by atoms with Crippen LogP contribution >= 0.6 is 11.3 Å². The van der Waals surface area contributed by atoms with E-state index in [1.54, 1.807) is 17.5 Å². The number of hydrogen-bond acceptors (Lipinski definition) is 4. The molecule has 0 N–H and O–H groups in total. The van der Waals surface area contributed by atoms with Crippen LogP contribution in [0.2, 0.25) is 0 Å². The summed E-state index contributed by atoms with van der Waals surface area (Å²) < 4.78 is 2.49. The number of nitrogens with zero attached hydrogens (tertiary/aromatic N) is 3. The lowest BCUT2D eigenvalue weighted by molar-refractivity contribution is -0.132. The Bertz CT molecular complexity index is 1050. The summed E-state index contributed by atoms with van der Waals surface area (Å²) in [5, 5.41) is 2.60. The number of piperazine rings is 1. The van der Waals surface area contributed by atoms with Crippen LogP contribution in [0.15, 0.2) is 46.7 Å². The number of aryl methyl sites for hydroxylation is 1. The van der Waals surface area contributed by atoms with Crippen LogP contribution in [-0.4, -0.2) is 41.6 Å². The first kappa shape index (κ1) is 17.8. The fourth-order valence-electron chi connectivity index (χ4n) is 3.65. The van der Waals surface area contributed by atoms with Gasteiger partial charge < -0.3 is 14.4 Å². The molecule has 5 nitrogen and oxygen atoms in total. The molecule has 1 saturated heterocycles. The smallest absolute Gasteiger partial charge is 0.259 e. The molecule has 0 aliphatic carbocycles. The minimum Gasteiger partial charge on any atom is -0.368 e. The number of rotatable bonds is 3. The first-order chi connectivity index (χ1) is 13.0. The Morgan fingerprint density at radius 2 is 1.85 bits per heavy atom. The van der Waals surface area contributed by atoms with Crippen molar-refractivity contribution in [1.29, 1.82) is 0 Å². The van der Waals surface area contributed by atoms with E-state index in [4.69, 9.17) is 0 Å². The zero-order valence-corrected chi connectivity index (χ0v) is 16.5. The summed E-state index contributed by atoms with van der Waals surface area (Å²) in [4.78, 5) is 29.4. The van der Waals surface area contributed by atoms with Gasteiger partial charge in [0, 0.05) is 42.8 Å². The van der Waals surface area contributed by atoms with Crippen LogP contribution < -0.4 is 10.5 Å². The van der Waals surface area contributed by atoms with Crippen molar-refractivity contribution in [2.75, 3.05) is 31.1 Å². The monoisotopic (exact) mass is 381 g/mol. The molecule has 3 heterocycles. The van der Waals surface area contributed by atoms with E-state index in [-0.39, 0.29) is 18.0 Å². The molecule has 0 saturated carbocycles. The molecule has 0 atom stereocenters. The maximum atomic E-state index is 12.7. The Kier molecular flexibility index (Phi) is 4.74. The molecule has 6 heteroatoms. The second-order valence-electron chi connectivity index (χ2n) is 7.03. The summed E-state index contributed by atoms with van der Waals surface area (Å²) in [6, 6.07) is 10.1. The number of anilines is 1. The van der Waals surface area contributed by atoms with E-state index >= 15 is 0 Å². The standard InChI is InChI=1S/C21H23N3O2S/c1-15-4-3-5-18(16(15)2)22-9-11-23(12-10-22)20(25)14-24-8-6-19-17(21(24)26)7-13-27-19/h3-8,13H,9-12,14H2,1-2H3. The van der Waals surface area contributed by atoms with Crippen molar-refractivity contribution in [2.45, 2.75) is 20.4 Å². The lowest BCUT2D eigenvalue weighted by Crippen LogP contribution is -2.50. The van der Waals surface area contributed by atoms with Gasteiger partial charge in [-0.15, -0.1) is 11.3 Å². The van der Waals surface area contributed by atoms with Gasteiger partial charge in [0.1, 0.15) is 6.54 Å². The molecular weight excluding hydrogens is 358 g/mol. The van der Waals surface area contributed by atoms with Crippen LogP contribution in [0, 0.1) is 13.8 Å². The number of benzene rings is 1. The second-order valence-corrected chi connectivity index (χ2v) is 7.98. The zero-order valence-electron chi connectivity index (χ0n) is 15.6. The van der Waals surface area contributed by atoms with Gasteiger partial charge in [-0.3, -0.25) is 9.59 Å². The van der Waals surface area contributed by atoms with Crippen molar-refractivity contribution in [2.24, 2.45) is 0 Å². The quantitative estimate of drug-likeness (QED) is 0.701. The van der Waals surface area contributed by atoms with Crippen molar-refractivity contribution in [3.8, 4) is 0 Å². The van der Waals surface area contributed by atoms with E-state index in [2.05, 4.69) is 36.9 Å². The highest BCUT2D eigenvalue weighted by atomic mass is 32.1. The van der Waals surface area contributed by atoms with Gasteiger partial charge in [-0.1, -0.05) is 12.1 Å². The number of fused-ring (bicyclic) bond motifs is 1. The minimum atomic E-state index is -0.0869.